The molecule has 0 radical (unpaired) electrons. The average Bonchev–Trinajstić information content (AvgIpc) is 3.29. The maximum Gasteiger partial charge on any atom is 0.262 e. The number of fused-ring (bicyclic) bond motifs is 1. The highest BCUT2D eigenvalue weighted by Crippen LogP contribution is 2.33. The van der Waals surface area contributed by atoms with Gasteiger partial charge in [0.25, 0.3) is 5.89 Å². The Morgan fingerprint density at radius 2 is 2.00 bits per heavy atom. The summed E-state index contributed by atoms with van der Waals surface area (Å²) < 4.78 is 17.8. The molecule has 4 aromatic rings. The molecule has 0 saturated heterocycles. The Bertz CT molecular complexity index is 1010. The highest BCUT2D eigenvalue weighted by Gasteiger charge is 2.16. The maximum atomic E-state index is 5.39. The minimum absolute atomic E-state index is 0.369. The summed E-state index contributed by atoms with van der Waals surface area (Å²) in [6.45, 7) is 0. The molecule has 0 atom stereocenters. The molecule has 24 heavy (non-hydrogen) atoms. The van der Waals surface area contributed by atoms with E-state index >= 15 is 0 Å². The van der Waals surface area contributed by atoms with E-state index in [0.29, 0.717) is 28.8 Å². The van der Waals surface area contributed by atoms with Crippen LogP contribution in [0.3, 0.4) is 0 Å². The minimum atomic E-state index is 0.369. The number of ether oxygens (including phenoxy) is 2. The summed E-state index contributed by atoms with van der Waals surface area (Å²) in [6.07, 6.45) is 3.46. The van der Waals surface area contributed by atoms with E-state index in [9.17, 15) is 0 Å². The van der Waals surface area contributed by atoms with Crippen LogP contribution < -0.4 is 9.47 Å². The van der Waals surface area contributed by atoms with Crippen molar-refractivity contribution >= 4 is 5.65 Å². The van der Waals surface area contributed by atoms with Crippen LogP contribution in [0, 0.1) is 0 Å². The van der Waals surface area contributed by atoms with Gasteiger partial charge in [0.05, 0.1) is 19.8 Å². The summed E-state index contributed by atoms with van der Waals surface area (Å²) in [6, 6.07) is 9.10. The van der Waals surface area contributed by atoms with Crippen LogP contribution in [0.15, 0.2) is 47.4 Å². The molecule has 4 rings (SSSR count). The topological polar surface area (TPSA) is 87.6 Å². The molecule has 0 amide bonds. The van der Waals surface area contributed by atoms with Crippen LogP contribution in [0.4, 0.5) is 0 Å². The van der Waals surface area contributed by atoms with Gasteiger partial charge in [-0.1, -0.05) is 5.16 Å². The second-order valence-corrected chi connectivity index (χ2v) is 5.00. The molecule has 1 aromatic carbocycles. The summed E-state index contributed by atoms with van der Waals surface area (Å²) in [5.41, 5.74) is 2.24. The van der Waals surface area contributed by atoms with E-state index in [4.69, 9.17) is 14.0 Å². The molecule has 0 aliphatic heterocycles. The predicted octanol–water partition coefficient (Wildman–Crippen LogP) is 2.46. The van der Waals surface area contributed by atoms with E-state index in [2.05, 4.69) is 20.3 Å². The fourth-order valence-corrected chi connectivity index (χ4v) is 2.39. The van der Waals surface area contributed by atoms with E-state index in [0.717, 1.165) is 11.2 Å². The zero-order valence-electron chi connectivity index (χ0n) is 13.0. The van der Waals surface area contributed by atoms with Crippen LogP contribution in [0.5, 0.6) is 11.5 Å². The van der Waals surface area contributed by atoms with Gasteiger partial charge in [0, 0.05) is 17.8 Å². The van der Waals surface area contributed by atoms with E-state index in [1.807, 2.05) is 30.5 Å². The van der Waals surface area contributed by atoms with Crippen molar-refractivity contribution < 1.29 is 14.0 Å². The maximum absolute atomic E-state index is 5.39. The molecule has 0 spiro atoms. The smallest absolute Gasteiger partial charge is 0.262 e. The first-order chi connectivity index (χ1) is 11.8. The van der Waals surface area contributed by atoms with E-state index < -0.39 is 0 Å². The van der Waals surface area contributed by atoms with Crippen molar-refractivity contribution in [2.24, 2.45) is 0 Å². The summed E-state index contributed by atoms with van der Waals surface area (Å²) in [7, 11) is 3.18. The minimum Gasteiger partial charge on any atom is -0.497 e. The van der Waals surface area contributed by atoms with Gasteiger partial charge in [0.2, 0.25) is 5.82 Å². The number of hydrogen-bond donors (Lipinski definition) is 0. The summed E-state index contributed by atoms with van der Waals surface area (Å²) in [5, 5.41) is 11.9. The van der Waals surface area contributed by atoms with E-state index in [-0.39, 0.29) is 0 Å². The Kier molecular flexibility index (Phi) is 3.34. The number of pyridine rings is 1. The summed E-state index contributed by atoms with van der Waals surface area (Å²) in [4.78, 5) is 4.45. The summed E-state index contributed by atoms with van der Waals surface area (Å²) >= 11 is 0. The molecule has 0 aliphatic rings. The van der Waals surface area contributed by atoms with Gasteiger partial charge in [-0.3, -0.25) is 4.40 Å². The van der Waals surface area contributed by atoms with E-state index in [1.165, 1.54) is 0 Å². The number of benzene rings is 1. The lowest BCUT2D eigenvalue weighted by Gasteiger charge is -2.06. The molecular formula is C16H13N5O3. The van der Waals surface area contributed by atoms with Crippen LogP contribution in [0.25, 0.3) is 28.5 Å². The Labute approximate surface area is 136 Å². The van der Waals surface area contributed by atoms with Gasteiger partial charge in [0.15, 0.2) is 5.65 Å². The first-order valence-electron chi connectivity index (χ1n) is 7.14. The molecule has 3 aromatic heterocycles. The monoisotopic (exact) mass is 323 g/mol. The highest BCUT2D eigenvalue weighted by molar-refractivity contribution is 5.66. The number of nitrogens with zero attached hydrogens (tertiary/aromatic N) is 5. The zero-order valence-corrected chi connectivity index (χ0v) is 13.0. The van der Waals surface area contributed by atoms with Crippen molar-refractivity contribution in [2.45, 2.75) is 0 Å². The normalized spacial score (nSPS) is 10.9. The number of methoxy groups -OCH3 is 2. The second-order valence-electron chi connectivity index (χ2n) is 5.00. The van der Waals surface area contributed by atoms with Crippen molar-refractivity contribution in [3.05, 3.63) is 42.9 Å². The standard InChI is InChI=1S/C16H13N5O3/c1-22-11-4-5-12(13(7-11)23-2)16-18-15(20-24-16)10-3-6-14-19-17-9-21(14)8-10/h3-9H,1-2H3. The van der Waals surface area contributed by atoms with Gasteiger partial charge >= 0.3 is 0 Å². The molecule has 8 nitrogen and oxygen atoms in total. The van der Waals surface area contributed by atoms with Crippen molar-refractivity contribution in [2.75, 3.05) is 14.2 Å². The largest absolute Gasteiger partial charge is 0.497 e. The fourth-order valence-electron chi connectivity index (χ4n) is 2.39. The quantitative estimate of drug-likeness (QED) is 0.570. The van der Waals surface area contributed by atoms with Crippen LogP contribution >= 0.6 is 0 Å². The highest BCUT2D eigenvalue weighted by atomic mass is 16.5. The lowest BCUT2D eigenvalue weighted by Crippen LogP contribution is -1.91. The van der Waals surface area contributed by atoms with Crippen LogP contribution in [-0.4, -0.2) is 39.0 Å². The van der Waals surface area contributed by atoms with Gasteiger partial charge < -0.3 is 14.0 Å². The number of rotatable bonds is 4. The molecular weight excluding hydrogens is 310 g/mol. The third-order valence-electron chi connectivity index (χ3n) is 3.61. The van der Waals surface area contributed by atoms with Crippen LogP contribution in [0.2, 0.25) is 0 Å². The molecule has 0 unspecified atom stereocenters. The lowest BCUT2D eigenvalue weighted by molar-refractivity contribution is 0.391. The van der Waals surface area contributed by atoms with Crippen molar-refractivity contribution in [3.63, 3.8) is 0 Å². The average molecular weight is 323 g/mol. The molecule has 0 aliphatic carbocycles. The first kappa shape index (κ1) is 14.2. The third kappa shape index (κ3) is 2.34. The Hall–Kier alpha value is -3.42. The van der Waals surface area contributed by atoms with Crippen LogP contribution in [-0.2, 0) is 0 Å². The molecule has 8 heteroatoms. The molecule has 0 fully saturated rings. The van der Waals surface area contributed by atoms with Crippen LogP contribution in [0.1, 0.15) is 0 Å². The first-order valence-corrected chi connectivity index (χ1v) is 7.14. The summed E-state index contributed by atoms with van der Waals surface area (Å²) in [5.74, 6) is 2.12. The molecule has 0 saturated carbocycles. The molecule has 120 valence electrons. The number of aromatic nitrogens is 5. The number of hydrogen-bond acceptors (Lipinski definition) is 7. The second kappa shape index (κ2) is 5.65. The lowest BCUT2D eigenvalue weighted by atomic mass is 10.2. The SMILES string of the molecule is COc1ccc(-c2nc(-c3ccc4nncn4c3)no2)c(OC)c1. The fraction of sp³-hybridized carbons (Fsp3) is 0.125. The van der Waals surface area contributed by atoms with Gasteiger partial charge in [-0.25, -0.2) is 0 Å². The van der Waals surface area contributed by atoms with Crippen molar-refractivity contribution in [1.29, 1.82) is 0 Å². The molecule has 3 heterocycles. The molecule has 0 bridgehead atoms. The van der Waals surface area contributed by atoms with Gasteiger partial charge in [-0.15, -0.1) is 10.2 Å². The van der Waals surface area contributed by atoms with Crippen molar-refractivity contribution in [1.82, 2.24) is 24.7 Å². The van der Waals surface area contributed by atoms with Crippen molar-refractivity contribution in [3.8, 4) is 34.3 Å². The zero-order chi connectivity index (χ0) is 16.5. The third-order valence-corrected chi connectivity index (χ3v) is 3.61. The Morgan fingerprint density at radius 3 is 2.83 bits per heavy atom. The van der Waals surface area contributed by atoms with Gasteiger partial charge in [-0.2, -0.15) is 4.98 Å². The Morgan fingerprint density at radius 1 is 1.08 bits per heavy atom. The van der Waals surface area contributed by atoms with Gasteiger partial charge in [0.1, 0.15) is 17.8 Å². The predicted molar refractivity (Wildman–Crippen MR) is 84.8 cm³/mol. The Balaban J connectivity index is 1.74. The molecule has 0 N–H and O–H groups in total. The van der Waals surface area contributed by atoms with E-state index in [1.54, 1.807) is 31.0 Å². The van der Waals surface area contributed by atoms with Gasteiger partial charge in [-0.05, 0) is 24.3 Å².